The molecule has 1 aliphatic heterocycles. The first kappa shape index (κ1) is 31.4. The van der Waals surface area contributed by atoms with Gasteiger partial charge in [0.15, 0.2) is 17.6 Å². The number of aryl methyl sites for hydroxylation is 1. The lowest BCUT2D eigenvalue weighted by Crippen LogP contribution is -2.49. The average Bonchev–Trinajstić information content (AvgIpc) is 3.62. The molecular weight excluding hydrogens is 626 g/mol. The van der Waals surface area contributed by atoms with Crippen LogP contribution < -0.4 is 5.73 Å². The topological polar surface area (TPSA) is 150 Å². The molecule has 0 radical (unpaired) electrons. The first-order chi connectivity index (χ1) is 23.6. The summed E-state index contributed by atoms with van der Waals surface area (Å²) in [5.74, 6) is 7.80. The van der Waals surface area contributed by atoms with Crippen LogP contribution in [0.15, 0.2) is 6.33 Å². The van der Waals surface area contributed by atoms with E-state index in [2.05, 4.69) is 20.9 Å². The van der Waals surface area contributed by atoms with Crippen molar-refractivity contribution in [2.24, 2.45) is 46.3 Å². The van der Waals surface area contributed by atoms with Crippen LogP contribution in [0.2, 0.25) is 0 Å². The zero-order chi connectivity index (χ0) is 33.5. The number of fused-ring (bicyclic) bond motifs is 1. The molecule has 262 valence electrons. The minimum Gasteiger partial charge on any atom is -0.434 e. The van der Waals surface area contributed by atoms with Gasteiger partial charge in [-0.2, -0.15) is 0 Å². The molecular formula is C37H47N5O7. The van der Waals surface area contributed by atoms with E-state index in [0.29, 0.717) is 30.2 Å². The number of hydrogen-bond acceptors (Lipinski definition) is 11. The second kappa shape index (κ2) is 11.5. The third-order valence-electron chi connectivity index (χ3n) is 13.4. The summed E-state index contributed by atoms with van der Waals surface area (Å²) in [6.45, 7) is 2.06. The lowest BCUT2D eigenvalue weighted by Gasteiger charge is -2.56. The van der Waals surface area contributed by atoms with E-state index < -0.39 is 30.2 Å². The van der Waals surface area contributed by atoms with Gasteiger partial charge in [-0.15, -0.1) is 6.42 Å². The van der Waals surface area contributed by atoms with Gasteiger partial charge in [0.05, 0.1) is 6.33 Å². The number of hydrogen-bond donors (Lipinski definition) is 1. The van der Waals surface area contributed by atoms with Gasteiger partial charge in [0.2, 0.25) is 5.60 Å². The predicted molar refractivity (Wildman–Crippen MR) is 176 cm³/mol. The van der Waals surface area contributed by atoms with Crippen LogP contribution in [0, 0.1) is 65.6 Å². The van der Waals surface area contributed by atoms with Gasteiger partial charge < -0.3 is 29.4 Å². The maximum Gasteiger partial charge on any atom is 0.508 e. The standard InChI is InChI=1S/C37H47N5O7/c1-3-37(19-47-33(43)45-17-35-11-22-4-23(12-35)6-24(5-22)13-35)28(10-29(49-37)42-20-39-30-31(38)40-21(2)41-32(30)42)48-34(44)46-18-36-14-25-7-26(15-36)9-27(8-25)16-36/h1,20,22-29H,4-19H2,2H3,(H2,38,40,41)/t22?,23?,24?,25?,26?,27?,28-,29+,35?,36?,37+/m0/s1. The van der Waals surface area contributed by atoms with E-state index in [4.69, 9.17) is 35.8 Å². The van der Waals surface area contributed by atoms with Gasteiger partial charge in [0, 0.05) is 17.3 Å². The summed E-state index contributed by atoms with van der Waals surface area (Å²) in [6.07, 6.45) is 19.0. The number of carbonyl (C=O) groups excluding carboxylic acids is 2. The molecule has 1 saturated heterocycles. The smallest absolute Gasteiger partial charge is 0.434 e. The number of imidazole rings is 1. The monoisotopic (exact) mass is 673 g/mol. The van der Waals surface area contributed by atoms with E-state index in [-0.39, 0.29) is 29.7 Å². The molecule has 3 heterocycles. The summed E-state index contributed by atoms with van der Waals surface area (Å²) in [5, 5.41) is 0. The van der Waals surface area contributed by atoms with Crippen molar-refractivity contribution in [1.29, 1.82) is 0 Å². The van der Waals surface area contributed by atoms with Crippen molar-refractivity contribution < 1.29 is 33.3 Å². The zero-order valence-corrected chi connectivity index (χ0v) is 28.3. The molecule has 0 amide bonds. The Labute approximate surface area is 286 Å². The highest BCUT2D eigenvalue weighted by Gasteiger charge is 2.55. The number of carbonyl (C=O) groups is 2. The Morgan fingerprint density at radius 2 is 1.35 bits per heavy atom. The summed E-state index contributed by atoms with van der Waals surface area (Å²) in [4.78, 5) is 39.6. The Morgan fingerprint density at radius 3 is 1.88 bits per heavy atom. The molecule has 12 heteroatoms. The van der Waals surface area contributed by atoms with Crippen LogP contribution in [0.25, 0.3) is 11.2 Å². The number of nitrogen functional groups attached to an aromatic ring is 1. The minimum absolute atomic E-state index is 0.0302. The summed E-state index contributed by atoms with van der Waals surface area (Å²) in [5.41, 5.74) is 5.48. The van der Waals surface area contributed by atoms with Crippen LogP contribution in [-0.2, 0) is 23.7 Å². The van der Waals surface area contributed by atoms with Crippen LogP contribution in [0.1, 0.15) is 95.5 Å². The van der Waals surface area contributed by atoms with Crippen molar-refractivity contribution in [3.05, 3.63) is 12.2 Å². The molecule has 9 fully saturated rings. The summed E-state index contributed by atoms with van der Waals surface area (Å²) >= 11 is 0. The van der Waals surface area contributed by atoms with Crippen LogP contribution in [0.3, 0.4) is 0 Å². The Bertz CT molecular complexity index is 1630. The number of rotatable bonds is 8. The van der Waals surface area contributed by atoms with Gasteiger partial charge in [0.1, 0.15) is 37.4 Å². The number of anilines is 1. The van der Waals surface area contributed by atoms with Gasteiger partial charge in [-0.25, -0.2) is 24.5 Å². The van der Waals surface area contributed by atoms with Gasteiger partial charge in [0.25, 0.3) is 0 Å². The van der Waals surface area contributed by atoms with E-state index in [9.17, 15) is 9.59 Å². The quantitative estimate of drug-likeness (QED) is 0.255. The first-order valence-corrected chi connectivity index (χ1v) is 18.3. The Balaban J connectivity index is 0.901. The maximum absolute atomic E-state index is 13.4. The first-order valence-electron chi connectivity index (χ1n) is 18.3. The summed E-state index contributed by atoms with van der Waals surface area (Å²) in [7, 11) is 0. The molecule has 49 heavy (non-hydrogen) atoms. The lowest BCUT2D eigenvalue weighted by molar-refractivity contribution is -0.121. The Hall–Kier alpha value is -3.59. The van der Waals surface area contributed by atoms with Crippen molar-refractivity contribution in [2.75, 3.05) is 25.6 Å². The maximum atomic E-state index is 13.4. The molecule has 8 bridgehead atoms. The molecule has 8 aliphatic carbocycles. The summed E-state index contributed by atoms with van der Waals surface area (Å²) in [6, 6.07) is 0. The molecule has 12 nitrogen and oxygen atoms in total. The normalized spacial score (nSPS) is 41.1. The second-order valence-electron chi connectivity index (χ2n) is 17.1. The molecule has 0 spiro atoms. The van der Waals surface area contributed by atoms with Crippen molar-refractivity contribution >= 4 is 29.3 Å². The molecule has 0 unspecified atom stereocenters. The fourth-order valence-electron chi connectivity index (χ4n) is 12.3. The molecule has 2 aromatic heterocycles. The summed E-state index contributed by atoms with van der Waals surface area (Å²) < 4.78 is 31.5. The number of ether oxygens (including phenoxy) is 5. The van der Waals surface area contributed by atoms with Crippen LogP contribution in [0.4, 0.5) is 15.4 Å². The highest BCUT2D eigenvalue weighted by molar-refractivity contribution is 5.81. The van der Waals surface area contributed by atoms with Gasteiger partial charge >= 0.3 is 12.3 Å². The number of terminal acetylenes is 1. The second-order valence-corrected chi connectivity index (χ2v) is 17.1. The van der Waals surface area contributed by atoms with Gasteiger partial charge in [-0.3, -0.25) is 4.57 Å². The Kier molecular flexibility index (Phi) is 7.35. The molecule has 3 atom stereocenters. The highest BCUT2D eigenvalue weighted by atomic mass is 16.7. The van der Waals surface area contributed by atoms with Crippen molar-refractivity contribution in [2.45, 2.75) is 108 Å². The third kappa shape index (κ3) is 5.60. The molecule has 2 N–H and O–H groups in total. The number of aromatic nitrogens is 4. The zero-order valence-electron chi connectivity index (χ0n) is 28.3. The molecule has 11 rings (SSSR count). The van der Waals surface area contributed by atoms with Crippen molar-refractivity contribution in [3.8, 4) is 12.3 Å². The van der Waals surface area contributed by atoms with Crippen molar-refractivity contribution in [3.63, 3.8) is 0 Å². The number of nitrogens with two attached hydrogens (primary N) is 1. The van der Waals surface area contributed by atoms with E-state index in [1.165, 1.54) is 38.5 Å². The van der Waals surface area contributed by atoms with E-state index in [1.54, 1.807) is 17.8 Å². The van der Waals surface area contributed by atoms with Gasteiger partial charge in [-0.1, -0.05) is 5.92 Å². The Morgan fingerprint density at radius 1 is 0.837 bits per heavy atom. The third-order valence-corrected chi connectivity index (χ3v) is 13.4. The predicted octanol–water partition coefficient (Wildman–Crippen LogP) is 6.12. The number of nitrogens with zero attached hydrogens (tertiary/aromatic N) is 4. The molecule has 2 aromatic rings. The van der Waals surface area contributed by atoms with Gasteiger partial charge in [-0.05, 0) is 119 Å². The van der Waals surface area contributed by atoms with Crippen LogP contribution in [-0.4, -0.2) is 63.4 Å². The largest absolute Gasteiger partial charge is 0.508 e. The molecule has 0 aromatic carbocycles. The van der Waals surface area contributed by atoms with E-state index >= 15 is 0 Å². The average molecular weight is 674 g/mol. The fourth-order valence-corrected chi connectivity index (χ4v) is 12.3. The molecule has 9 aliphatic rings. The fraction of sp³-hybridized carbons (Fsp3) is 0.757. The van der Waals surface area contributed by atoms with Crippen molar-refractivity contribution in [1.82, 2.24) is 19.5 Å². The van der Waals surface area contributed by atoms with E-state index in [0.717, 1.165) is 74.0 Å². The minimum atomic E-state index is -1.60. The van der Waals surface area contributed by atoms with E-state index in [1.807, 2.05) is 0 Å². The molecule has 8 saturated carbocycles. The van der Waals surface area contributed by atoms with Crippen LogP contribution in [0.5, 0.6) is 0 Å². The lowest BCUT2D eigenvalue weighted by atomic mass is 9.50. The van der Waals surface area contributed by atoms with Crippen LogP contribution >= 0.6 is 0 Å². The SMILES string of the molecule is C#C[C@]1(COC(=O)OCC23CC4CC(CC(C4)C2)C3)O[C@@H](n2cnc3c(N)nc(C)nc32)C[C@@H]1OC(=O)OCC12CC3CC(CC(C3)C1)C2. The highest BCUT2D eigenvalue weighted by Crippen LogP contribution is 2.61.